The molecule has 0 saturated heterocycles. The molecule has 0 saturated carbocycles. The molecule has 0 aliphatic carbocycles. The first-order chi connectivity index (χ1) is 8.28. The second-order valence-electron chi connectivity index (χ2n) is 3.73. The van der Waals surface area contributed by atoms with E-state index in [1.165, 1.54) is 0 Å². The molecule has 1 unspecified atom stereocenters. The highest BCUT2D eigenvalue weighted by Gasteiger charge is 2.44. The summed E-state index contributed by atoms with van der Waals surface area (Å²) in [7, 11) is 0. The van der Waals surface area contributed by atoms with Crippen LogP contribution in [-0.4, -0.2) is 21.2 Å². The van der Waals surface area contributed by atoms with Crippen molar-refractivity contribution in [3.8, 4) is 11.5 Å². The zero-order chi connectivity index (χ0) is 13.7. The minimum atomic E-state index is -1.90. The number of phenolic OH excluding ortho intramolecular Hbond substituents is 1. The molecule has 0 bridgehead atoms. The lowest BCUT2D eigenvalue weighted by Crippen LogP contribution is -2.41. The molecule has 1 atom stereocenters. The first-order valence-electron chi connectivity index (χ1n) is 4.77. The average molecular weight is 332 g/mol. The molecule has 2 N–H and O–H groups in total. The number of hydrogen-bond donors (Lipinski definition) is 2. The number of aliphatic carboxylic acids is 1. The van der Waals surface area contributed by atoms with E-state index >= 15 is 0 Å². The van der Waals surface area contributed by atoms with E-state index in [0.717, 1.165) is 0 Å². The van der Waals surface area contributed by atoms with Gasteiger partial charge in [-0.25, -0.2) is 4.79 Å². The number of carboxylic acids is 1. The predicted molar refractivity (Wildman–Crippen MR) is 68.3 cm³/mol. The third-order valence-corrected chi connectivity index (χ3v) is 4.29. The summed E-state index contributed by atoms with van der Waals surface area (Å²) in [6.45, 7) is 0. The van der Waals surface area contributed by atoms with E-state index in [9.17, 15) is 9.90 Å². The van der Waals surface area contributed by atoms with Crippen molar-refractivity contribution in [2.45, 2.75) is 17.9 Å². The van der Waals surface area contributed by atoms with E-state index in [0.29, 0.717) is 5.56 Å². The molecular formula is C10H6Cl4O4. The van der Waals surface area contributed by atoms with Crippen LogP contribution in [0, 0.1) is 0 Å². The van der Waals surface area contributed by atoms with Crippen molar-refractivity contribution < 1.29 is 19.7 Å². The third-order valence-electron chi connectivity index (χ3n) is 2.63. The Kier molecular flexibility index (Phi) is 3.49. The highest BCUT2D eigenvalue weighted by atomic mass is 35.5. The van der Waals surface area contributed by atoms with E-state index in [-0.39, 0.29) is 39.4 Å². The van der Waals surface area contributed by atoms with Gasteiger partial charge in [0.2, 0.25) is 0 Å². The third kappa shape index (κ3) is 1.97. The molecule has 1 aliphatic rings. The van der Waals surface area contributed by atoms with Crippen LogP contribution in [0.1, 0.15) is 12.0 Å². The van der Waals surface area contributed by atoms with Gasteiger partial charge in [0, 0.05) is 12.0 Å². The Labute approximate surface area is 122 Å². The number of ether oxygens (including phenoxy) is 1. The fraction of sp³-hybridized carbons (Fsp3) is 0.300. The Bertz CT molecular complexity index is 545. The summed E-state index contributed by atoms with van der Waals surface area (Å²) in [5, 5.41) is 16.4. The molecule has 18 heavy (non-hydrogen) atoms. The highest BCUT2D eigenvalue weighted by molar-refractivity contribution is 6.46. The van der Waals surface area contributed by atoms with E-state index < -0.39 is 11.0 Å². The number of rotatable bonds is 1. The topological polar surface area (TPSA) is 66.8 Å². The molecular weight excluding hydrogens is 326 g/mol. The van der Waals surface area contributed by atoms with Crippen molar-refractivity contribution in [2.24, 2.45) is 0 Å². The second kappa shape index (κ2) is 4.53. The van der Waals surface area contributed by atoms with Crippen LogP contribution in [0.3, 0.4) is 0 Å². The quantitative estimate of drug-likeness (QED) is 0.608. The van der Waals surface area contributed by atoms with Gasteiger partial charge in [0.1, 0.15) is 15.8 Å². The fourth-order valence-corrected chi connectivity index (χ4v) is 2.57. The van der Waals surface area contributed by atoms with E-state index in [4.69, 9.17) is 56.2 Å². The molecule has 0 amide bonds. The van der Waals surface area contributed by atoms with E-state index in [2.05, 4.69) is 0 Å². The van der Waals surface area contributed by atoms with Gasteiger partial charge in [-0.1, -0.05) is 46.4 Å². The van der Waals surface area contributed by atoms with Crippen LogP contribution >= 0.6 is 46.4 Å². The van der Waals surface area contributed by atoms with Crippen molar-refractivity contribution in [3.63, 3.8) is 0 Å². The lowest BCUT2D eigenvalue weighted by atomic mass is 10.0. The lowest BCUT2D eigenvalue weighted by Gasteiger charge is -2.31. The zero-order valence-corrected chi connectivity index (χ0v) is 11.7. The van der Waals surface area contributed by atoms with Crippen LogP contribution < -0.4 is 4.74 Å². The van der Waals surface area contributed by atoms with Crippen molar-refractivity contribution in [3.05, 3.63) is 20.6 Å². The number of hydrogen-bond acceptors (Lipinski definition) is 3. The SMILES string of the molecule is O=C(O)C1(Cl)CCc2c(Cl)c(O)c(Cl)c(Cl)c2O1. The molecule has 0 fully saturated rings. The zero-order valence-electron chi connectivity index (χ0n) is 8.64. The lowest BCUT2D eigenvalue weighted by molar-refractivity contribution is -0.149. The Morgan fingerprint density at radius 1 is 1.22 bits per heavy atom. The minimum absolute atomic E-state index is 0.00594. The van der Waals surface area contributed by atoms with Crippen LogP contribution in [0.4, 0.5) is 0 Å². The summed E-state index contributed by atoms with van der Waals surface area (Å²) in [6.07, 6.45) is 0.197. The number of benzene rings is 1. The summed E-state index contributed by atoms with van der Waals surface area (Å²) >= 11 is 23.4. The minimum Gasteiger partial charge on any atom is -0.505 e. The molecule has 0 aromatic heterocycles. The van der Waals surface area contributed by atoms with Crippen molar-refractivity contribution >= 4 is 52.4 Å². The van der Waals surface area contributed by atoms with Gasteiger partial charge in [0.15, 0.2) is 5.75 Å². The molecule has 1 aromatic rings. The van der Waals surface area contributed by atoms with Crippen LogP contribution in [-0.2, 0) is 11.2 Å². The van der Waals surface area contributed by atoms with Gasteiger partial charge in [-0.15, -0.1) is 0 Å². The Morgan fingerprint density at radius 3 is 2.39 bits per heavy atom. The Hall–Kier alpha value is -0.550. The molecule has 8 heteroatoms. The maximum atomic E-state index is 11.0. The summed E-state index contributed by atoms with van der Waals surface area (Å²) in [5.41, 5.74) is 0.390. The monoisotopic (exact) mass is 330 g/mol. The van der Waals surface area contributed by atoms with Crippen LogP contribution in [0.5, 0.6) is 11.5 Å². The number of fused-ring (bicyclic) bond motifs is 1. The largest absolute Gasteiger partial charge is 0.505 e. The number of phenols is 1. The average Bonchev–Trinajstić information content (AvgIpc) is 2.33. The molecule has 0 radical (unpaired) electrons. The van der Waals surface area contributed by atoms with Crippen molar-refractivity contribution in [1.82, 2.24) is 0 Å². The molecule has 98 valence electrons. The van der Waals surface area contributed by atoms with Gasteiger partial charge < -0.3 is 14.9 Å². The Balaban J connectivity index is 2.61. The van der Waals surface area contributed by atoms with Gasteiger partial charge in [-0.3, -0.25) is 0 Å². The summed E-state index contributed by atoms with van der Waals surface area (Å²) in [5.74, 6) is -1.69. The number of alkyl halides is 1. The summed E-state index contributed by atoms with van der Waals surface area (Å²) in [4.78, 5) is 11.0. The van der Waals surface area contributed by atoms with Crippen LogP contribution in [0.2, 0.25) is 15.1 Å². The van der Waals surface area contributed by atoms with Gasteiger partial charge in [0.05, 0.1) is 5.02 Å². The van der Waals surface area contributed by atoms with E-state index in [1.807, 2.05) is 0 Å². The first-order valence-corrected chi connectivity index (χ1v) is 6.28. The number of carboxylic acid groups (broad SMARTS) is 1. The fourth-order valence-electron chi connectivity index (χ4n) is 1.65. The number of aromatic hydroxyl groups is 1. The molecule has 4 nitrogen and oxygen atoms in total. The maximum absolute atomic E-state index is 11.0. The predicted octanol–water partition coefficient (Wildman–Crippen LogP) is 3.70. The molecule has 1 aliphatic heterocycles. The standard InChI is InChI=1S/C10H6Cl4O4/c11-4-3-1-2-10(14,9(16)17)18-8(3)6(13)5(12)7(4)15/h15H,1-2H2,(H,16,17). The van der Waals surface area contributed by atoms with Gasteiger partial charge >= 0.3 is 5.97 Å². The van der Waals surface area contributed by atoms with Crippen molar-refractivity contribution in [1.29, 1.82) is 0 Å². The summed E-state index contributed by atoms with van der Waals surface area (Å²) in [6, 6.07) is 0. The molecule has 1 heterocycles. The number of halogens is 4. The van der Waals surface area contributed by atoms with E-state index in [1.54, 1.807) is 0 Å². The van der Waals surface area contributed by atoms with Gasteiger partial charge in [0.25, 0.3) is 5.06 Å². The number of carbonyl (C=O) groups is 1. The first kappa shape index (κ1) is 13.9. The molecule has 0 spiro atoms. The normalized spacial score (nSPS) is 22.2. The molecule has 2 rings (SSSR count). The van der Waals surface area contributed by atoms with Crippen LogP contribution in [0.15, 0.2) is 0 Å². The Morgan fingerprint density at radius 2 is 1.83 bits per heavy atom. The second-order valence-corrected chi connectivity index (χ2v) is 5.48. The summed E-state index contributed by atoms with van der Waals surface area (Å²) < 4.78 is 5.18. The maximum Gasteiger partial charge on any atom is 0.364 e. The smallest absolute Gasteiger partial charge is 0.364 e. The molecule has 1 aromatic carbocycles. The van der Waals surface area contributed by atoms with Gasteiger partial charge in [-0.05, 0) is 6.42 Å². The van der Waals surface area contributed by atoms with Gasteiger partial charge in [-0.2, -0.15) is 0 Å². The highest BCUT2D eigenvalue weighted by Crippen LogP contribution is 2.51. The van der Waals surface area contributed by atoms with Crippen molar-refractivity contribution in [2.75, 3.05) is 0 Å². The van der Waals surface area contributed by atoms with Crippen LogP contribution in [0.25, 0.3) is 0 Å².